The SMILES string of the molecule is COc1cc(N=Nc2ccc([N+](=O)[O-])cc2Cl)c(NC(C)=O)cc1N(CCO)CCO. The molecule has 0 radical (unpaired) electrons. The summed E-state index contributed by atoms with van der Waals surface area (Å²) in [6.45, 7) is 1.49. The minimum absolute atomic E-state index is 0.0414. The summed E-state index contributed by atoms with van der Waals surface area (Å²) in [5.74, 6) is 0.0246. The van der Waals surface area contributed by atoms with Crippen molar-refractivity contribution in [3.63, 3.8) is 0 Å². The first kappa shape index (κ1) is 24.0. The maximum absolute atomic E-state index is 11.7. The summed E-state index contributed by atoms with van der Waals surface area (Å²) >= 11 is 6.05. The van der Waals surface area contributed by atoms with E-state index in [4.69, 9.17) is 16.3 Å². The predicted molar refractivity (Wildman–Crippen MR) is 116 cm³/mol. The average molecular weight is 452 g/mol. The highest BCUT2D eigenvalue weighted by Gasteiger charge is 2.17. The molecule has 1 amide bonds. The molecule has 2 aromatic carbocycles. The number of nitro benzene ring substituents is 1. The van der Waals surface area contributed by atoms with Crippen LogP contribution in [-0.2, 0) is 4.79 Å². The summed E-state index contributed by atoms with van der Waals surface area (Å²) in [5, 5.41) is 40.4. The number of carbonyl (C=O) groups excluding carboxylic acids is 1. The number of rotatable bonds is 10. The van der Waals surface area contributed by atoms with Crippen LogP contribution in [0.4, 0.5) is 28.4 Å². The third-order valence-electron chi connectivity index (χ3n) is 4.10. The fraction of sp³-hybridized carbons (Fsp3) is 0.316. The van der Waals surface area contributed by atoms with Crippen LogP contribution in [0, 0.1) is 10.1 Å². The molecule has 0 spiro atoms. The molecule has 0 aliphatic carbocycles. The van der Waals surface area contributed by atoms with Crippen LogP contribution < -0.4 is 15.0 Å². The molecule has 166 valence electrons. The van der Waals surface area contributed by atoms with Gasteiger partial charge in [0, 0.05) is 38.2 Å². The minimum atomic E-state index is -0.574. The van der Waals surface area contributed by atoms with E-state index in [-0.39, 0.29) is 54.3 Å². The van der Waals surface area contributed by atoms with Gasteiger partial charge in [-0.3, -0.25) is 14.9 Å². The lowest BCUT2D eigenvalue weighted by Crippen LogP contribution is -2.30. The topological polar surface area (TPSA) is 150 Å². The maximum Gasteiger partial charge on any atom is 0.271 e. The number of halogens is 1. The van der Waals surface area contributed by atoms with Gasteiger partial charge in [0.05, 0.1) is 41.6 Å². The van der Waals surface area contributed by atoms with Crippen LogP contribution >= 0.6 is 11.6 Å². The Kier molecular flexibility index (Phi) is 8.67. The van der Waals surface area contributed by atoms with E-state index >= 15 is 0 Å². The molecule has 12 heteroatoms. The monoisotopic (exact) mass is 451 g/mol. The highest BCUT2D eigenvalue weighted by atomic mass is 35.5. The lowest BCUT2D eigenvalue weighted by molar-refractivity contribution is -0.384. The van der Waals surface area contributed by atoms with Crippen molar-refractivity contribution >= 4 is 45.9 Å². The van der Waals surface area contributed by atoms with Gasteiger partial charge in [-0.15, -0.1) is 10.2 Å². The number of aliphatic hydroxyl groups is 2. The van der Waals surface area contributed by atoms with Crippen molar-refractivity contribution < 1.29 is 24.7 Å². The Labute approximate surface area is 183 Å². The molecule has 0 saturated carbocycles. The Bertz CT molecular complexity index is 979. The zero-order chi connectivity index (χ0) is 23.0. The van der Waals surface area contributed by atoms with E-state index in [0.717, 1.165) is 6.07 Å². The molecule has 0 fully saturated rings. The Morgan fingerprint density at radius 1 is 1.19 bits per heavy atom. The van der Waals surface area contributed by atoms with E-state index in [9.17, 15) is 25.1 Å². The average Bonchev–Trinajstić information content (AvgIpc) is 2.72. The molecule has 0 heterocycles. The van der Waals surface area contributed by atoms with Crippen molar-refractivity contribution in [3.8, 4) is 5.75 Å². The number of ether oxygens (including phenoxy) is 1. The van der Waals surface area contributed by atoms with Crippen molar-refractivity contribution in [2.75, 3.05) is 43.6 Å². The number of aliphatic hydroxyl groups excluding tert-OH is 2. The third-order valence-corrected chi connectivity index (χ3v) is 4.40. The quantitative estimate of drug-likeness (QED) is 0.284. The Balaban J connectivity index is 2.51. The Morgan fingerprint density at radius 3 is 2.35 bits per heavy atom. The highest BCUT2D eigenvalue weighted by Crippen LogP contribution is 2.40. The van der Waals surface area contributed by atoms with Crippen molar-refractivity contribution in [2.45, 2.75) is 6.92 Å². The van der Waals surface area contributed by atoms with Gasteiger partial charge in [0.1, 0.15) is 17.1 Å². The summed E-state index contributed by atoms with van der Waals surface area (Å²) in [6.07, 6.45) is 0. The molecule has 0 aromatic heterocycles. The van der Waals surface area contributed by atoms with Gasteiger partial charge in [-0.25, -0.2) is 0 Å². The van der Waals surface area contributed by atoms with Crippen LogP contribution in [0.5, 0.6) is 5.75 Å². The van der Waals surface area contributed by atoms with Gasteiger partial charge < -0.3 is 25.2 Å². The normalized spacial score (nSPS) is 10.9. The van der Waals surface area contributed by atoms with E-state index in [1.165, 1.54) is 32.2 Å². The third kappa shape index (κ3) is 6.35. The van der Waals surface area contributed by atoms with Gasteiger partial charge in [0.2, 0.25) is 5.91 Å². The van der Waals surface area contributed by atoms with Gasteiger partial charge in [0.15, 0.2) is 0 Å². The number of nitrogens with one attached hydrogen (secondary N) is 1. The van der Waals surface area contributed by atoms with Gasteiger partial charge >= 0.3 is 0 Å². The second-order valence-electron chi connectivity index (χ2n) is 6.25. The first-order chi connectivity index (χ1) is 14.8. The first-order valence-electron chi connectivity index (χ1n) is 9.12. The van der Waals surface area contributed by atoms with E-state index in [1.807, 2.05) is 0 Å². The lowest BCUT2D eigenvalue weighted by Gasteiger charge is -2.26. The molecule has 0 atom stereocenters. The maximum atomic E-state index is 11.7. The standard InChI is InChI=1S/C19H22ClN5O6/c1-12(28)21-16-10-18(24(5-7-26)6-8-27)19(31-2)11-17(16)23-22-15-4-3-13(25(29)30)9-14(15)20/h3-4,9-11,26-27H,5-8H2,1-2H3,(H,21,28). The Morgan fingerprint density at radius 2 is 1.84 bits per heavy atom. The Hall–Kier alpha value is -3.28. The molecular weight excluding hydrogens is 430 g/mol. The number of hydrogen-bond acceptors (Lipinski definition) is 9. The second-order valence-corrected chi connectivity index (χ2v) is 6.66. The lowest BCUT2D eigenvalue weighted by atomic mass is 10.2. The van der Waals surface area contributed by atoms with Gasteiger partial charge in [-0.05, 0) is 12.1 Å². The van der Waals surface area contributed by atoms with Crippen LogP contribution in [0.15, 0.2) is 40.6 Å². The molecule has 0 unspecified atom stereocenters. The van der Waals surface area contributed by atoms with Crippen LogP contribution in [0.2, 0.25) is 5.02 Å². The molecule has 0 aliphatic heterocycles. The van der Waals surface area contributed by atoms with E-state index in [1.54, 1.807) is 11.0 Å². The molecule has 2 aromatic rings. The molecule has 31 heavy (non-hydrogen) atoms. The van der Waals surface area contributed by atoms with E-state index < -0.39 is 4.92 Å². The fourth-order valence-corrected chi connectivity index (χ4v) is 2.95. The summed E-state index contributed by atoms with van der Waals surface area (Å²) in [6, 6.07) is 6.90. The molecule has 3 N–H and O–H groups in total. The number of anilines is 2. The number of non-ortho nitro benzene ring substituents is 1. The van der Waals surface area contributed by atoms with Crippen molar-refractivity contribution in [3.05, 3.63) is 45.5 Å². The summed E-state index contributed by atoms with van der Waals surface area (Å²) in [7, 11) is 1.45. The number of nitrogens with zero attached hydrogens (tertiary/aromatic N) is 4. The van der Waals surface area contributed by atoms with Crippen LogP contribution in [0.25, 0.3) is 0 Å². The fourth-order valence-electron chi connectivity index (χ4n) is 2.73. The van der Waals surface area contributed by atoms with Crippen molar-refractivity contribution in [1.82, 2.24) is 0 Å². The molecule has 0 bridgehead atoms. The van der Waals surface area contributed by atoms with E-state index in [0.29, 0.717) is 17.1 Å². The molecular formula is C19H22ClN5O6. The second kappa shape index (κ2) is 11.2. The van der Waals surface area contributed by atoms with Crippen LogP contribution in [0.1, 0.15) is 6.92 Å². The number of hydrogen-bond donors (Lipinski definition) is 3. The number of amides is 1. The van der Waals surface area contributed by atoms with Crippen LogP contribution in [0.3, 0.4) is 0 Å². The number of methoxy groups -OCH3 is 1. The number of azo groups is 1. The van der Waals surface area contributed by atoms with Gasteiger partial charge in [0.25, 0.3) is 5.69 Å². The zero-order valence-electron chi connectivity index (χ0n) is 16.9. The van der Waals surface area contributed by atoms with Crippen molar-refractivity contribution in [2.24, 2.45) is 10.2 Å². The summed E-state index contributed by atoms with van der Waals surface area (Å²) < 4.78 is 5.42. The molecule has 0 saturated heterocycles. The number of carbonyl (C=O) groups is 1. The first-order valence-corrected chi connectivity index (χ1v) is 9.50. The minimum Gasteiger partial charge on any atom is -0.494 e. The molecule has 2 rings (SSSR count). The highest BCUT2D eigenvalue weighted by molar-refractivity contribution is 6.33. The van der Waals surface area contributed by atoms with E-state index in [2.05, 4.69) is 15.5 Å². The smallest absolute Gasteiger partial charge is 0.271 e. The van der Waals surface area contributed by atoms with Gasteiger partial charge in [-0.2, -0.15) is 0 Å². The summed E-state index contributed by atoms with van der Waals surface area (Å²) in [4.78, 5) is 23.7. The molecule has 11 nitrogen and oxygen atoms in total. The van der Waals surface area contributed by atoms with Gasteiger partial charge in [-0.1, -0.05) is 11.6 Å². The van der Waals surface area contributed by atoms with Crippen LogP contribution in [-0.4, -0.2) is 54.5 Å². The zero-order valence-corrected chi connectivity index (χ0v) is 17.7. The predicted octanol–water partition coefficient (Wildman–Crippen LogP) is 3.42. The van der Waals surface area contributed by atoms with Crippen molar-refractivity contribution in [1.29, 1.82) is 0 Å². The summed E-state index contributed by atoms with van der Waals surface area (Å²) in [5.41, 5.74) is 1.11. The largest absolute Gasteiger partial charge is 0.494 e. The molecule has 0 aliphatic rings. The number of benzene rings is 2. The number of nitro groups is 1.